The van der Waals surface area contributed by atoms with Gasteiger partial charge in [-0.2, -0.15) is 0 Å². The SMILES string of the molecule is Cc1nnc2c(NC(C)C)nc(-c3nc4ccc(N5CCOC[C@@H]5C)cc4n3[C@H](C)c3ccccc3)cn12. The summed E-state index contributed by atoms with van der Waals surface area (Å²) in [5.41, 5.74) is 5.88. The first-order chi connectivity index (χ1) is 18.4. The first-order valence-electron chi connectivity index (χ1n) is 13.3. The van der Waals surface area contributed by atoms with Gasteiger partial charge in [-0.3, -0.25) is 4.40 Å². The van der Waals surface area contributed by atoms with Crippen LogP contribution in [0, 0.1) is 6.92 Å². The number of aromatic nitrogens is 6. The van der Waals surface area contributed by atoms with Crippen molar-refractivity contribution in [3.63, 3.8) is 0 Å². The smallest absolute Gasteiger partial charge is 0.203 e. The Labute approximate surface area is 222 Å². The van der Waals surface area contributed by atoms with Gasteiger partial charge in [0.05, 0.1) is 30.3 Å². The van der Waals surface area contributed by atoms with Gasteiger partial charge in [0.15, 0.2) is 11.6 Å². The van der Waals surface area contributed by atoms with Gasteiger partial charge in [-0.25, -0.2) is 9.97 Å². The molecule has 3 aromatic heterocycles. The van der Waals surface area contributed by atoms with E-state index in [-0.39, 0.29) is 12.1 Å². The van der Waals surface area contributed by atoms with E-state index in [2.05, 4.69) is 101 Å². The summed E-state index contributed by atoms with van der Waals surface area (Å²) in [6.07, 6.45) is 2.00. The number of imidazole rings is 1. The predicted octanol–water partition coefficient (Wildman–Crippen LogP) is 5.10. The van der Waals surface area contributed by atoms with Crippen LogP contribution in [0.5, 0.6) is 0 Å². The lowest BCUT2D eigenvalue weighted by Crippen LogP contribution is -2.43. The average Bonchev–Trinajstić information content (AvgIpc) is 3.49. The number of ether oxygens (including phenoxy) is 1. The topological polar surface area (TPSA) is 85.4 Å². The highest BCUT2D eigenvalue weighted by Crippen LogP contribution is 2.34. The summed E-state index contributed by atoms with van der Waals surface area (Å²) in [6, 6.07) is 17.7. The number of nitrogens with zero attached hydrogens (tertiary/aromatic N) is 7. The lowest BCUT2D eigenvalue weighted by molar-refractivity contribution is 0.0989. The molecule has 6 rings (SSSR count). The van der Waals surface area contributed by atoms with Crippen molar-refractivity contribution in [1.29, 1.82) is 0 Å². The number of hydrogen-bond acceptors (Lipinski definition) is 7. The van der Waals surface area contributed by atoms with Crippen molar-refractivity contribution in [3.05, 3.63) is 66.1 Å². The van der Waals surface area contributed by atoms with Gasteiger partial charge in [0, 0.05) is 30.5 Å². The molecule has 0 amide bonds. The minimum atomic E-state index is 0.0366. The van der Waals surface area contributed by atoms with E-state index in [1.807, 2.05) is 17.5 Å². The summed E-state index contributed by atoms with van der Waals surface area (Å²) in [6.45, 7) is 12.9. The monoisotopic (exact) mass is 510 g/mol. The Morgan fingerprint density at radius 2 is 1.84 bits per heavy atom. The van der Waals surface area contributed by atoms with Gasteiger partial charge >= 0.3 is 0 Å². The van der Waals surface area contributed by atoms with Gasteiger partial charge < -0.3 is 19.5 Å². The first kappa shape index (κ1) is 24.4. The molecule has 38 heavy (non-hydrogen) atoms. The van der Waals surface area contributed by atoms with Crippen LogP contribution < -0.4 is 10.2 Å². The molecule has 1 fully saturated rings. The molecule has 4 heterocycles. The summed E-state index contributed by atoms with van der Waals surface area (Å²) < 4.78 is 10.00. The minimum Gasteiger partial charge on any atom is -0.377 e. The molecule has 1 N–H and O–H groups in total. The normalized spacial score (nSPS) is 17.0. The van der Waals surface area contributed by atoms with Crippen molar-refractivity contribution < 1.29 is 4.74 Å². The molecule has 1 saturated heterocycles. The molecule has 0 bridgehead atoms. The fourth-order valence-corrected chi connectivity index (χ4v) is 5.31. The van der Waals surface area contributed by atoms with Gasteiger partial charge in [0.2, 0.25) is 5.65 Å². The van der Waals surface area contributed by atoms with Crippen LogP contribution in [-0.2, 0) is 4.74 Å². The number of benzene rings is 2. The van der Waals surface area contributed by atoms with Crippen molar-refractivity contribution in [2.24, 2.45) is 0 Å². The van der Waals surface area contributed by atoms with E-state index in [9.17, 15) is 0 Å². The Balaban J connectivity index is 1.58. The number of morpholine rings is 1. The van der Waals surface area contributed by atoms with E-state index >= 15 is 0 Å². The Morgan fingerprint density at radius 3 is 2.61 bits per heavy atom. The largest absolute Gasteiger partial charge is 0.377 e. The highest BCUT2D eigenvalue weighted by molar-refractivity contribution is 5.84. The van der Waals surface area contributed by atoms with E-state index in [0.29, 0.717) is 17.5 Å². The lowest BCUT2D eigenvalue weighted by Gasteiger charge is -2.35. The van der Waals surface area contributed by atoms with Crippen molar-refractivity contribution in [1.82, 2.24) is 29.1 Å². The Kier molecular flexibility index (Phi) is 6.23. The summed E-state index contributed by atoms with van der Waals surface area (Å²) in [5.74, 6) is 2.31. The summed E-state index contributed by atoms with van der Waals surface area (Å²) in [5, 5.41) is 12.1. The molecule has 0 radical (unpaired) electrons. The zero-order chi connectivity index (χ0) is 26.4. The van der Waals surface area contributed by atoms with Crippen LogP contribution in [0.1, 0.15) is 45.1 Å². The van der Waals surface area contributed by atoms with E-state index in [1.165, 1.54) is 11.3 Å². The Bertz CT molecular complexity index is 1590. The molecule has 2 aromatic carbocycles. The van der Waals surface area contributed by atoms with Gasteiger partial charge in [-0.05, 0) is 58.4 Å². The zero-order valence-corrected chi connectivity index (χ0v) is 22.6. The highest BCUT2D eigenvalue weighted by Gasteiger charge is 2.24. The molecule has 0 aliphatic carbocycles. The van der Waals surface area contributed by atoms with Crippen molar-refractivity contribution in [3.8, 4) is 11.5 Å². The number of fused-ring (bicyclic) bond motifs is 2. The second-order valence-corrected chi connectivity index (χ2v) is 10.4. The van der Waals surface area contributed by atoms with Gasteiger partial charge in [-0.1, -0.05) is 30.3 Å². The molecule has 9 nitrogen and oxygen atoms in total. The molecule has 5 aromatic rings. The minimum absolute atomic E-state index is 0.0366. The Morgan fingerprint density at radius 1 is 1.03 bits per heavy atom. The van der Waals surface area contributed by atoms with Crippen LogP contribution >= 0.6 is 0 Å². The highest BCUT2D eigenvalue weighted by atomic mass is 16.5. The standard InChI is InChI=1S/C29H34N8O/c1-18(2)30-27-29-34-33-21(5)36(29)16-25(31-27)28-32-24-12-11-23(35-13-14-38-17-19(35)3)15-26(24)37(28)20(4)22-9-7-6-8-10-22/h6-12,15-16,18-20H,13-14,17H2,1-5H3,(H,30,31)/t19-,20+/m0/s1. The van der Waals surface area contributed by atoms with Crippen LogP contribution in [-0.4, -0.2) is 61.0 Å². The molecular weight excluding hydrogens is 476 g/mol. The molecule has 196 valence electrons. The molecular formula is C29H34N8O. The fourth-order valence-electron chi connectivity index (χ4n) is 5.31. The maximum absolute atomic E-state index is 5.69. The van der Waals surface area contributed by atoms with Crippen molar-refractivity contribution >= 4 is 28.2 Å². The van der Waals surface area contributed by atoms with E-state index in [1.54, 1.807) is 0 Å². The molecule has 0 unspecified atom stereocenters. The van der Waals surface area contributed by atoms with Crippen LogP contribution in [0.3, 0.4) is 0 Å². The third kappa shape index (κ3) is 4.26. The third-order valence-electron chi connectivity index (χ3n) is 7.26. The van der Waals surface area contributed by atoms with Gasteiger partial charge in [0.1, 0.15) is 11.5 Å². The van der Waals surface area contributed by atoms with Crippen molar-refractivity contribution in [2.45, 2.75) is 52.7 Å². The molecule has 0 saturated carbocycles. The molecule has 0 spiro atoms. The van der Waals surface area contributed by atoms with Crippen LogP contribution in [0.4, 0.5) is 11.5 Å². The second-order valence-electron chi connectivity index (χ2n) is 10.4. The molecule has 9 heteroatoms. The van der Waals surface area contributed by atoms with Crippen LogP contribution in [0.15, 0.2) is 54.7 Å². The number of nitrogens with one attached hydrogen (secondary N) is 1. The summed E-state index contributed by atoms with van der Waals surface area (Å²) in [4.78, 5) is 12.6. The third-order valence-corrected chi connectivity index (χ3v) is 7.26. The van der Waals surface area contributed by atoms with Gasteiger partial charge in [-0.15, -0.1) is 10.2 Å². The van der Waals surface area contributed by atoms with Gasteiger partial charge in [0.25, 0.3) is 0 Å². The van der Waals surface area contributed by atoms with Crippen LogP contribution in [0.25, 0.3) is 28.2 Å². The maximum Gasteiger partial charge on any atom is 0.203 e. The van der Waals surface area contributed by atoms with E-state index < -0.39 is 0 Å². The fraction of sp³-hybridized carbons (Fsp3) is 0.379. The lowest BCUT2D eigenvalue weighted by atomic mass is 10.1. The van der Waals surface area contributed by atoms with Crippen LogP contribution in [0.2, 0.25) is 0 Å². The number of anilines is 2. The number of hydrogen-bond donors (Lipinski definition) is 1. The zero-order valence-electron chi connectivity index (χ0n) is 22.6. The quantitative estimate of drug-likeness (QED) is 0.340. The summed E-state index contributed by atoms with van der Waals surface area (Å²) >= 11 is 0. The predicted molar refractivity (Wildman–Crippen MR) is 151 cm³/mol. The number of aryl methyl sites for hydroxylation is 1. The average molecular weight is 511 g/mol. The Hall–Kier alpha value is -3.98. The van der Waals surface area contributed by atoms with E-state index in [4.69, 9.17) is 14.7 Å². The molecule has 1 aliphatic heterocycles. The first-order valence-corrected chi connectivity index (χ1v) is 13.3. The van der Waals surface area contributed by atoms with Crippen molar-refractivity contribution in [2.75, 3.05) is 30.0 Å². The molecule has 1 aliphatic rings. The van der Waals surface area contributed by atoms with E-state index in [0.717, 1.165) is 48.1 Å². The summed E-state index contributed by atoms with van der Waals surface area (Å²) in [7, 11) is 0. The molecule has 2 atom stereocenters. The number of rotatable bonds is 6. The maximum atomic E-state index is 5.69. The second kappa shape index (κ2) is 9.72.